The van der Waals surface area contributed by atoms with Crippen molar-refractivity contribution in [1.82, 2.24) is 4.90 Å². The SMILES string of the molecule is CC(=O)N(C(=O)OC(C)(C)C)[C@@H](CS(=O)(=O)C(c1ccccc1)(c1ccccc1)c1ccccc1)C(=O)O. The van der Waals surface area contributed by atoms with Gasteiger partial charge in [-0.15, -0.1) is 0 Å². The normalized spacial score (nSPS) is 12.8. The van der Waals surface area contributed by atoms with E-state index in [2.05, 4.69) is 0 Å². The Morgan fingerprint density at radius 1 is 0.789 bits per heavy atom. The zero-order valence-electron chi connectivity index (χ0n) is 21.7. The summed E-state index contributed by atoms with van der Waals surface area (Å²) in [4.78, 5) is 38.3. The Labute approximate surface area is 222 Å². The van der Waals surface area contributed by atoms with Gasteiger partial charge >= 0.3 is 12.1 Å². The number of carbonyl (C=O) groups is 3. The van der Waals surface area contributed by atoms with Crippen LogP contribution in [0.5, 0.6) is 0 Å². The van der Waals surface area contributed by atoms with Crippen LogP contribution in [0.1, 0.15) is 44.4 Å². The molecule has 0 aliphatic heterocycles. The summed E-state index contributed by atoms with van der Waals surface area (Å²) in [6, 6.07) is 23.3. The molecule has 1 atom stereocenters. The van der Waals surface area contributed by atoms with Gasteiger partial charge in [-0.25, -0.2) is 22.9 Å². The Morgan fingerprint density at radius 3 is 1.45 bits per heavy atom. The maximum absolute atomic E-state index is 14.7. The van der Waals surface area contributed by atoms with Gasteiger partial charge < -0.3 is 9.84 Å². The fourth-order valence-corrected chi connectivity index (χ4v) is 6.88. The number of benzene rings is 3. The van der Waals surface area contributed by atoms with Crippen molar-refractivity contribution in [2.24, 2.45) is 0 Å². The predicted octanol–water partition coefficient (Wildman–Crippen LogP) is 4.63. The molecule has 0 aliphatic carbocycles. The molecule has 0 radical (unpaired) electrons. The average Bonchev–Trinajstić information content (AvgIpc) is 2.84. The summed E-state index contributed by atoms with van der Waals surface area (Å²) in [6.45, 7) is 5.66. The van der Waals surface area contributed by atoms with Crippen LogP contribution in [-0.4, -0.2) is 53.8 Å². The van der Waals surface area contributed by atoms with E-state index in [0.29, 0.717) is 21.6 Å². The number of carboxylic acids is 1. The molecular formula is C29H31NO7S. The highest BCUT2D eigenvalue weighted by atomic mass is 32.2. The number of hydrogen-bond donors (Lipinski definition) is 1. The van der Waals surface area contributed by atoms with Gasteiger partial charge in [0, 0.05) is 6.92 Å². The van der Waals surface area contributed by atoms with Crippen molar-refractivity contribution in [3.05, 3.63) is 108 Å². The fraction of sp³-hybridized carbons (Fsp3) is 0.276. The van der Waals surface area contributed by atoms with Crippen LogP contribution in [-0.2, 0) is 28.9 Å². The van der Waals surface area contributed by atoms with E-state index in [0.717, 1.165) is 6.92 Å². The number of imide groups is 1. The lowest BCUT2D eigenvalue weighted by Crippen LogP contribution is -2.54. The highest BCUT2D eigenvalue weighted by Gasteiger charge is 2.51. The molecule has 3 rings (SSSR count). The number of amides is 2. The second kappa shape index (κ2) is 11.2. The van der Waals surface area contributed by atoms with Crippen molar-refractivity contribution in [3.8, 4) is 0 Å². The van der Waals surface area contributed by atoms with Crippen LogP contribution < -0.4 is 0 Å². The number of ether oxygens (including phenoxy) is 1. The summed E-state index contributed by atoms with van der Waals surface area (Å²) in [5.74, 6) is -3.66. The quantitative estimate of drug-likeness (QED) is 0.416. The number of carboxylic acid groups (broad SMARTS) is 1. The predicted molar refractivity (Wildman–Crippen MR) is 143 cm³/mol. The Hall–Kier alpha value is -3.98. The first-order valence-electron chi connectivity index (χ1n) is 12.0. The molecule has 0 aliphatic rings. The second-order valence-corrected chi connectivity index (χ2v) is 12.0. The largest absolute Gasteiger partial charge is 0.480 e. The van der Waals surface area contributed by atoms with E-state index >= 15 is 0 Å². The Bertz CT molecular complexity index is 1290. The molecule has 3 aromatic carbocycles. The van der Waals surface area contributed by atoms with Crippen molar-refractivity contribution in [2.75, 3.05) is 5.75 Å². The summed E-state index contributed by atoms with van der Waals surface area (Å²) >= 11 is 0. The first-order valence-corrected chi connectivity index (χ1v) is 13.6. The lowest BCUT2D eigenvalue weighted by atomic mass is 9.84. The minimum atomic E-state index is -4.53. The van der Waals surface area contributed by atoms with E-state index in [9.17, 15) is 27.9 Å². The third kappa shape index (κ3) is 5.78. The van der Waals surface area contributed by atoms with Gasteiger partial charge in [-0.3, -0.25) is 4.79 Å². The maximum atomic E-state index is 14.7. The number of rotatable bonds is 8. The van der Waals surface area contributed by atoms with Gasteiger partial charge in [0.05, 0.1) is 5.75 Å². The highest BCUT2D eigenvalue weighted by Crippen LogP contribution is 2.45. The molecule has 8 nitrogen and oxygen atoms in total. The molecule has 0 heterocycles. The van der Waals surface area contributed by atoms with Crippen LogP contribution in [0.25, 0.3) is 0 Å². The van der Waals surface area contributed by atoms with Gasteiger partial charge in [-0.1, -0.05) is 91.0 Å². The molecule has 0 fully saturated rings. The average molecular weight is 538 g/mol. The third-order valence-corrected chi connectivity index (χ3v) is 8.31. The Balaban J connectivity index is 2.30. The first kappa shape index (κ1) is 28.6. The summed E-state index contributed by atoms with van der Waals surface area (Å²) < 4.78 is 32.7. The lowest BCUT2D eigenvalue weighted by Gasteiger charge is -2.37. The van der Waals surface area contributed by atoms with Gasteiger partial charge in [0.1, 0.15) is 10.3 Å². The topological polar surface area (TPSA) is 118 Å². The fourth-order valence-electron chi connectivity index (χ4n) is 4.43. The molecule has 0 saturated heterocycles. The molecule has 3 aromatic rings. The number of sulfone groups is 1. The van der Waals surface area contributed by atoms with E-state index in [1.54, 1.807) is 112 Å². The zero-order valence-corrected chi connectivity index (χ0v) is 22.5. The van der Waals surface area contributed by atoms with Gasteiger partial charge in [0.15, 0.2) is 15.9 Å². The minimum absolute atomic E-state index is 0.358. The molecule has 0 unspecified atom stereocenters. The van der Waals surface area contributed by atoms with Gasteiger partial charge in [0.25, 0.3) is 0 Å². The second-order valence-electron chi connectivity index (χ2n) is 9.78. The summed E-state index contributed by atoms with van der Waals surface area (Å²) in [6.07, 6.45) is -1.24. The van der Waals surface area contributed by atoms with Crippen LogP contribution in [0.2, 0.25) is 0 Å². The van der Waals surface area contributed by atoms with E-state index in [4.69, 9.17) is 4.74 Å². The van der Waals surface area contributed by atoms with Gasteiger partial charge in [-0.2, -0.15) is 0 Å². The van der Waals surface area contributed by atoms with Crippen molar-refractivity contribution in [3.63, 3.8) is 0 Å². The highest BCUT2D eigenvalue weighted by molar-refractivity contribution is 7.92. The van der Waals surface area contributed by atoms with Crippen molar-refractivity contribution in [2.45, 2.75) is 44.1 Å². The third-order valence-electron chi connectivity index (χ3n) is 5.91. The number of hydrogen-bond acceptors (Lipinski definition) is 6. The monoisotopic (exact) mass is 537 g/mol. The Morgan fingerprint density at radius 2 is 1.16 bits per heavy atom. The molecular weight excluding hydrogens is 506 g/mol. The molecule has 38 heavy (non-hydrogen) atoms. The molecule has 0 bridgehead atoms. The zero-order chi connectivity index (χ0) is 28.1. The molecule has 1 N–H and O–H groups in total. The number of nitrogens with zero attached hydrogens (tertiary/aromatic N) is 1. The molecule has 0 spiro atoms. The molecule has 2 amide bonds. The van der Waals surface area contributed by atoms with Gasteiger partial charge in [-0.05, 0) is 37.5 Å². The van der Waals surface area contributed by atoms with Crippen molar-refractivity contribution in [1.29, 1.82) is 0 Å². The summed E-state index contributed by atoms with van der Waals surface area (Å²) in [5.41, 5.74) is 0.101. The Kier molecular flexibility index (Phi) is 8.41. The van der Waals surface area contributed by atoms with Crippen LogP contribution in [0, 0.1) is 0 Å². The number of carbonyl (C=O) groups excluding carboxylic acids is 2. The molecule has 0 aromatic heterocycles. The molecule has 0 saturated carbocycles. The van der Waals surface area contributed by atoms with E-state index in [1.165, 1.54) is 0 Å². The van der Waals surface area contributed by atoms with Crippen LogP contribution in [0.3, 0.4) is 0 Å². The van der Waals surface area contributed by atoms with Crippen LogP contribution >= 0.6 is 0 Å². The minimum Gasteiger partial charge on any atom is -0.480 e. The van der Waals surface area contributed by atoms with Crippen LogP contribution in [0.15, 0.2) is 91.0 Å². The summed E-state index contributed by atoms with van der Waals surface area (Å²) in [5, 5.41) is 10.1. The van der Waals surface area contributed by atoms with E-state index in [-0.39, 0.29) is 0 Å². The van der Waals surface area contributed by atoms with Crippen LogP contribution in [0.4, 0.5) is 4.79 Å². The van der Waals surface area contributed by atoms with Crippen molar-refractivity contribution < 1.29 is 32.6 Å². The van der Waals surface area contributed by atoms with E-state index in [1.807, 2.05) is 0 Å². The molecule has 9 heteroatoms. The van der Waals surface area contributed by atoms with Gasteiger partial charge in [0.2, 0.25) is 5.91 Å². The standard InChI is InChI=1S/C29H31NO7S/c1-21(31)30(27(34)37-28(2,3)4)25(26(32)33)20-38(35,36)29(22-14-8-5-9-15-22,23-16-10-6-11-17-23)24-18-12-7-13-19-24/h5-19,25H,20H2,1-4H3,(H,32,33)/t25-/m0/s1. The summed E-state index contributed by atoms with van der Waals surface area (Å²) in [7, 11) is -4.53. The molecule has 200 valence electrons. The van der Waals surface area contributed by atoms with E-state index < -0.39 is 49.9 Å². The number of aliphatic carboxylic acids is 1. The lowest BCUT2D eigenvalue weighted by molar-refractivity contribution is -0.147. The van der Waals surface area contributed by atoms with Crippen molar-refractivity contribution >= 4 is 27.8 Å². The first-order chi connectivity index (χ1) is 17.8. The maximum Gasteiger partial charge on any atom is 0.417 e. The smallest absolute Gasteiger partial charge is 0.417 e.